The minimum Gasteiger partial charge on any atom is -0.391 e. The van der Waals surface area contributed by atoms with Gasteiger partial charge < -0.3 is 25.3 Å². The summed E-state index contributed by atoms with van der Waals surface area (Å²) in [7, 11) is 0. The number of aliphatic hydroxyl groups excluding tert-OH is 1. The molecule has 1 fully saturated rings. The summed E-state index contributed by atoms with van der Waals surface area (Å²) < 4.78 is 1.37. The number of carbonyl (C=O) groups excluding carboxylic acids is 1. The lowest BCUT2D eigenvalue weighted by molar-refractivity contribution is 0.0927. The third-order valence-corrected chi connectivity index (χ3v) is 4.38. The Labute approximate surface area is 149 Å². The fraction of sp³-hybridized carbons (Fsp3) is 0.438. The molecule has 3 rings (SSSR count). The van der Waals surface area contributed by atoms with Gasteiger partial charge in [0.1, 0.15) is 0 Å². The van der Waals surface area contributed by atoms with Gasteiger partial charge in [0.25, 0.3) is 5.91 Å². The van der Waals surface area contributed by atoms with E-state index in [4.69, 9.17) is 0 Å². The van der Waals surface area contributed by atoms with E-state index in [0.29, 0.717) is 42.8 Å². The standard InChI is InChI=1S/C16H20N4O4.ClH/c1-2-20-12-4-3-9(5-11(12)19-15(23)16(20)24)14(22)18-7-10-6-17-8-13(10)21;/h3-5,10,13,17,21H,2,6-8H2,1H3,(H,18,22)(H,19,23);1H. The highest BCUT2D eigenvalue weighted by Crippen LogP contribution is 2.12. The highest BCUT2D eigenvalue weighted by Gasteiger charge is 2.25. The molecule has 1 aliphatic rings. The first-order valence-corrected chi connectivity index (χ1v) is 7.95. The van der Waals surface area contributed by atoms with Crippen LogP contribution in [0.25, 0.3) is 11.0 Å². The lowest BCUT2D eigenvalue weighted by atomic mass is 10.1. The van der Waals surface area contributed by atoms with Crippen molar-refractivity contribution < 1.29 is 9.90 Å². The molecular formula is C16H21ClN4O4. The normalized spacial score (nSPS) is 19.6. The van der Waals surface area contributed by atoms with Gasteiger partial charge in [-0.15, -0.1) is 12.4 Å². The maximum atomic E-state index is 12.3. The van der Waals surface area contributed by atoms with Crippen molar-refractivity contribution in [3.05, 3.63) is 44.5 Å². The number of β-amino-alcohol motifs (C(OH)–C–C–N with tert-alkyl or cyclic N) is 1. The Morgan fingerprint density at radius 2 is 2.12 bits per heavy atom. The molecule has 2 aromatic rings. The summed E-state index contributed by atoms with van der Waals surface area (Å²) in [4.78, 5) is 38.3. The minimum absolute atomic E-state index is 0. The van der Waals surface area contributed by atoms with Gasteiger partial charge in [-0.25, -0.2) is 0 Å². The molecule has 1 saturated heterocycles. The van der Waals surface area contributed by atoms with Crippen LogP contribution in [0.3, 0.4) is 0 Å². The summed E-state index contributed by atoms with van der Waals surface area (Å²) in [5.74, 6) is -0.300. The van der Waals surface area contributed by atoms with Crippen LogP contribution in [0.1, 0.15) is 17.3 Å². The average molecular weight is 369 g/mol. The van der Waals surface area contributed by atoms with E-state index in [1.54, 1.807) is 25.1 Å². The molecule has 2 atom stereocenters. The predicted molar refractivity (Wildman–Crippen MR) is 96.5 cm³/mol. The topological polar surface area (TPSA) is 116 Å². The number of aromatic amines is 1. The summed E-state index contributed by atoms with van der Waals surface area (Å²) in [5, 5.41) is 15.6. The molecule has 0 spiro atoms. The highest BCUT2D eigenvalue weighted by atomic mass is 35.5. The van der Waals surface area contributed by atoms with Crippen LogP contribution in [0, 0.1) is 5.92 Å². The van der Waals surface area contributed by atoms with Gasteiger partial charge in [-0.2, -0.15) is 0 Å². The Kier molecular flexibility index (Phi) is 5.99. The molecule has 1 aromatic heterocycles. The molecule has 4 N–H and O–H groups in total. The SMILES string of the molecule is CCn1c(=O)c(=O)[nH]c2cc(C(=O)NCC3CNCC3O)ccc21.Cl. The fourth-order valence-electron chi connectivity index (χ4n) is 2.99. The summed E-state index contributed by atoms with van der Waals surface area (Å²) in [5.41, 5.74) is 0.0950. The first-order chi connectivity index (χ1) is 11.5. The number of nitrogens with zero attached hydrogens (tertiary/aromatic N) is 1. The molecule has 0 bridgehead atoms. The zero-order chi connectivity index (χ0) is 17.3. The van der Waals surface area contributed by atoms with E-state index < -0.39 is 17.2 Å². The minimum atomic E-state index is -0.706. The molecule has 1 aliphatic heterocycles. The third kappa shape index (κ3) is 3.76. The molecule has 9 heteroatoms. The van der Waals surface area contributed by atoms with Gasteiger partial charge in [-0.05, 0) is 25.1 Å². The fourth-order valence-corrected chi connectivity index (χ4v) is 2.99. The zero-order valence-corrected chi connectivity index (χ0v) is 14.6. The van der Waals surface area contributed by atoms with Crippen LogP contribution in [-0.4, -0.2) is 46.3 Å². The Bertz CT molecular complexity index is 892. The number of carbonyl (C=O) groups is 1. The summed E-state index contributed by atoms with van der Waals surface area (Å²) in [6, 6.07) is 4.82. The largest absolute Gasteiger partial charge is 0.391 e. The number of aryl methyl sites for hydroxylation is 1. The molecular weight excluding hydrogens is 348 g/mol. The van der Waals surface area contributed by atoms with Crippen LogP contribution in [0.4, 0.5) is 0 Å². The Morgan fingerprint density at radius 1 is 1.36 bits per heavy atom. The van der Waals surface area contributed by atoms with Crippen molar-refractivity contribution in [3.63, 3.8) is 0 Å². The van der Waals surface area contributed by atoms with Gasteiger partial charge in [-0.1, -0.05) is 0 Å². The van der Waals surface area contributed by atoms with E-state index in [1.165, 1.54) is 4.57 Å². The van der Waals surface area contributed by atoms with Crippen molar-refractivity contribution in [1.29, 1.82) is 0 Å². The number of rotatable bonds is 4. The maximum absolute atomic E-state index is 12.3. The average Bonchev–Trinajstić information content (AvgIpc) is 2.98. The van der Waals surface area contributed by atoms with Crippen LogP contribution in [0.5, 0.6) is 0 Å². The molecule has 0 saturated carbocycles. The molecule has 1 aromatic carbocycles. The van der Waals surface area contributed by atoms with E-state index in [1.807, 2.05) is 0 Å². The molecule has 0 radical (unpaired) electrons. The van der Waals surface area contributed by atoms with Gasteiger partial charge in [0.05, 0.1) is 17.1 Å². The Morgan fingerprint density at radius 3 is 2.76 bits per heavy atom. The number of amides is 1. The van der Waals surface area contributed by atoms with Crippen LogP contribution in [0.15, 0.2) is 27.8 Å². The van der Waals surface area contributed by atoms with Gasteiger partial charge in [0.15, 0.2) is 0 Å². The lowest BCUT2D eigenvalue weighted by Crippen LogP contribution is -2.36. The van der Waals surface area contributed by atoms with Gasteiger partial charge in [-0.3, -0.25) is 14.4 Å². The second-order valence-corrected chi connectivity index (χ2v) is 5.93. The smallest absolute Gasteiger partial charge is 0.316 e. The molecule has 136 valence electrons. The van der Waals surface area contributed by atoms with Crippen molar-refractivity contribution in [3.8, 4) is 0 Å². The summed E-state index contributed by atoms with van der Waals surface area (Å²) >= 11 is 0. The van der Waals surface area contributed by atoms with Crippen LogP contribution in [-0.2, 0) is 6.54 Å². The third-order valence-electron chi connectivity index (χ3n) is 4.38. The molecule has 0 aliphatic carbocycles. The van der Waals surface area contributed by atoms with Gasteiger partial charge >= 0.3 is 11.1 Å². The van der Waals surface area contributed by atoms with E-state index in [-0.39, 0.29) is 24.2 Å². The van der Waals surface area contributed by atoms with Gasteiger partial charge in [0.2, 0.25) is 0 Å². The summed E-state index contributed by atoms with van der Waals surface area (Å²) in [6.07, 6.45) is -0.461. The number of benzene rings is 1. The summed E-state index contributed by atoms with van der Waals surface area (Å²) in [6.45, 7) is 3.72. The Hall–Kier alpha value is -2.16. The number of nitrogens with one attached hydrogen (secondary N) is 3. The Balaban J connectivity index is 0.00000225. The molecule has 25 heavy (non-hydrogen) atoms. The van der Waals surface area contributed by atoms with Crippen molar-refractivity contribution in [2.24, 2.45) is 5.92 Å². The first kappa shape index (κ1) is 19.2. The van der Waals surface area contributed by atoms with Crippen LogP contribution < -0.4 is 21.8 Å². The van der Waals surface area contributed by atoms with E-state index in [2.05, 4.69) is 15.6 Å². The van der Waals surface area contributed by atoms with E-state index >= 15 is 0 Å². The number of aliphatic hydroxyl groups is 1. The van der Waals surface area contributed by atoms with Gasteiger partial charge in [0, 0.05) is 37.7 Å². The second kappa shape index (κ2) is 7.81. The second-order valence-electron chi connectivity index (χ2n) is 5.93. The number of fused-ring (bicyclic) bond motifs is 1. The zero-order valence-electron chi connectivity index (χ0n) is 13.7. The molecule has 2 unspecified atom stereocenters. The van der Waals surface area contributed by atoms with E-state index in [9.17, 15) is 19.5 Å². The number of H-pyrrole nitrogens is 1. The van der Waals surface area contributed by atoms with Crippen molar-refractivity contribution >= 4 is 29.3 Å². The number of hydrogen-bond donors (Lipinski definition) is 4. The lowest BCUT2D eigenvalue weighted by Gasteiger charge is -2.14. The monoisotopic (exact) mass is 368 g/mol. The van der Waals surface area contributed by atoms with Crippen LogP contribution >= 0.6 is 12.4 Å². The van der Waals surface area contributed by atoms with Crippen molar-refractivity contribution in [2.75, 3.05) is 19.6 Å². The predicted octanol–water partition coefficient (Wildman–Crippen LogP) is -0.558. The number of hydrogen-bond acceptors (Lipinski definition) is 5. The quantitative estimate of drug-likeness (QED) is 0.540. The maximum Gasteiger partial charge on any atom is 0.316 e. The van der Waals surface area contributed by atoms with Crippen molar-refractivity contribution in [1.82, 2.24) is 20.2 Å². The molecule has 2 heterocycles. The van der Waals surface area contributed by atoms with Crippen LogP contribution in [0.2, 0.25) is 0 Å². The molecule has 8 nitrogen and oxygen atoms in total. The van der Waals surface area contributed by atoms with E-state index in [0.717, 1.165) is 0 Å². The van der Waals surface area contributed by atoms with Crippen molar-refractivity contribution in [2.45, 2.75) is 19.6 Å². The first-order valence-electron chi connectivity index (χ1n) is 7.95. The number of aromatic nitrogens is 2. The molecule has 1 amide bonds. The number of halogens is 1. The highest BCUT2D eigenvalue weighted by molar-refractivity contribution is 5.97.